The summed E-state index contributed by atoms with van der Waals surface area (Å²) in [6.07, 6.45) is 0.696. The number of halogens is 2. The van der Waals surface area contributed by atoms with E-state index in [0.29, 0.717) is 31.0 Å². The van der Waals surface area contributed by atoms with Crippen molar-refractivity contribution in [3.8, 4) is 11.5 Å². The largest absolute Gasteiger partial charge is 0.493 e. The van der Waals surface area contributed by atoms with E-state index >= 15 is 0 Å². The van der Waals surface area contributed by atoms with Crippen LogP contribution in [0.1, 0.15) is 27.5 Å². The minimum Gasteiger partial charge on any atom is -0.493 e. The second kappa shape index (κ2) is 7.55. The molecule has 2 aromatic carbocycles. The van der Waals surface area contributed by atoms with Crippen molar-refractivity contribution < 1.29 is 23.5 Å². The van der Waals surface area contributed by atoms with Gasteiger partial charge in [-0.1, -0.05) is 11.6 Å². The second-order valence-corrected chi connectivity index (χ2v) is 7.48. The highest BCUT2D eigenvalue weighted by molar-refractivity contribution is 6.33. The van der Waals surface area contributed by atoms with Gasteiger partial charge in [-0.15, -0.1) is 0 Å². The lowest BCUT2D eigenvalue weighted by atomic mass is 9.90. The highest BCUT2D eigenvalue weighted by Crippen LogP contribution is 2.40. The number of fused-ring (bicyclic) bond motifs is 3. The van der Waals surface area contributed by atoms with Crippen LogP contribution in [0.2, 0.25) is 5.02 Å². The minimum atomic E-state index is -0.553. The van der Waals surface area contributed by atoms with Crippen molar-refractivity contribution in [3.05, 3.63) is 57.9 Å². The standard InChI is InChI=1S/C21H20ClFN2O4/c1-28-18-7-12-5-6-25-17(14(12)9-19(18)29-2)10-24(11-20(25)26)21(27)15-8-13(23)3-4-16(15)22/h3-4,7-9,17H,5-6,10-11H2,1-2H3. The number of piperazine rings is 1. The molecule has 0 aliphatic carbocycles. The zero-order chi connectivity index (χ0) is 20.7. The first-order chi connectivity index (χ1) is 13.9. The molecule has 1 unspecified atom stereocenters. The van der Waals surface area contributed by atoms with Crippen LogP contribution in [0.3, 0.4) is 0 Å². The summed E-state index contributed by atoms with van der Waals surface area (Å²) in [7, 11) is 3.13. The van der Waals surface area contributed by atoms with Gasteiger partial charge in [-0.2, -0.15) is 0 Å². The van der Waals surface area contributed by atoms with E-state index in [1.54, 1.807) is 19.1 Å². The van der Waals surface area contributed by atoms with Crippen LogP contribution in [0.25, 0.3) is 0 Å². The predicted molar refractivity (Wildman–Crippen MR) is 105 cm³/mol. The van der Waals surface area contributed by atoms with Gasteiger partial charge < -0.3 is 19.3 Å². The minimum absolute atomic E-state index is 0.0521. The van der Waals surface area contributed by atoms with Crippen LogP contribution in [0.5, 0.6) is 11.5 Å². The van der Waals surface area contributed by atoms with E-state index in [1.165, 1.54) is 17.0 Å². The molecule has 0 saturated carbocycles. The molecule has 6 nitrogen and oxygen atoms in total. The van der Waals surface area contributed by atoms with Gasteiger partial charge in [0.2, 0.25) is 5.91 Å². The van der Waals surface area contributed by atoms with Gasteiger partial charge in [0.05, 0.1) is 30.8 Å². The number of ether oxygens (including phenoxy) is 2. The Bertz CT molecular complexity index is 997. The fraction of sp³-hybridized carbons (Fsp3) is 0.333. The Morgan fingerprint density at radius 2 is 1.90 bits per heavy atom. The van der Waals surface area contributed by atoms with Crippen molar-refractivity contribution >= 4 is 23.4 Å². The van der Waals surface area contributed by atoms with Crippen molar-refractivity contribution in [2.45, 2.75) is 12.5 Å². The molecule has 152 valence electrons. The lowest BCUT2D eigenvalue weighted by Gasteiger charge is -2.44. The van der Waals surface area contributed by atoms with E-state index in [1.807, 2.05) is 12.1 Å². The monoisotopic (exact) mass is 418 g/mol. The number of methoxy groups -OCH3 is 2. The van der Waals surface area contributed by atoms with E-state index in [2.05, 4.69) is 0 Å². The highest BCUT2D eigenvalue weighted by Gasteiger charge is 2.39. The Labute approximate surface area is 172 Å². The van der Waals surface area contributed by atoms with E-state index < -0.39 is 11.7 Å². The summed E-state index contributed by atoms with van der Waals surface area (Å²) in [5.74, 6) is 0.0266. The molecule has 0 spiro atoms. The van der Waals surface area contributed by atoms with Crippen molar-refractivity contribution in [3.63, 3.8) is 0 Å². The molecule has 8 heteroatoms. The van der Waals surface area contributed by atoms with E-state index in [9.17, 15) is 14.0 Å². The van der Waals surface area contributed by atoms with Crippen molar-refractivity contribution in [1.29, 1.82) is 0 Å². The summed E-state index contributed by atoms with van der Waals surface area (Å²) in [6.45, 7) is 0.791. The molecule has 1 saturated heterocycles. The fourth-order valence-electron chi connectivity index (χ4n) is 4.04. The lowest BCUT2D eigenvalue weighted by Crippen LogP contribution is -2.55. The van der Waals surface area contributed by atoms with Crippen molar-refractivity contribution in [2.75, 3.05) is 33.9 Å². The summed E-state index contributed by atoms with van der Waals surface area (Å²) < 4.78 is 24.4. The van der Waals surface area contributed by atoms with E-state index in [0.717, 1.165) is 17.2 Å². The van der Waals surface area contributed by atoms with Crippen LogP contribution >= 0.6 is 11.6 Å². The smallest absolute Gasteiger partial charge is 0.256 e. The van der Waals surface area contributed by atoms with Crippen molar-refractivity contribution in [1.82, 2.24) is 9.80 Å². The third-order valence-electron chi connectivity index (χ3n) is 5.49. The number of rotatable bonds is 3. The zero-order valence-corrected chi connectivity index (χ0v) is 16.8. The maximum absolute atomic E-state index is 13.6. The molecule has 29 heavy (non-hydrogen) atoms. The van der Waals surface area contributed by atoms with Crippen LogP contribution in [-0.4, -0.2) is 55.5 Å². The molecular weight excluding hydrogens is 399 g/mol. The maximum Gasteiger partial charge on any atom is 0.256 e. The number of hydrogen-bond donors (Lipinski definition) is 0. The molecule has 0 N–H and O–H groups in total. The third kappa shape index (κ3) is 3.40. The normalized spacial score (nSPS) is 18.2. The summed E-state index contributed by atoms with van der Waals surface area (Å²) in [6, 6.07) is 7.11. The molecule has 4 rings (SSSR count). The van der Waals surface area contributed by atoms with E-state index in [-0.39, 0.29) is 29.1 Å². The van der Waals surface area contributed by atoms with Gasteiger partial charge in [0.1, 0.15) is 12.4 Å². The van der Waals surface area contributed by atoms with Gasteiger partial charge in [0.15, 0.2) is 11.5 Å². The summed E-state index contributed by atoms with van der Waals surface area (Å²) in [5, 5.41) is 0.154. The first-order valence-electron chi connectivity index (χ1n) is 9.21. The Kier molecular flexibility index (Phi) is 5.08. The van der Waals surface area contributed by atoms with Gasteiger partial charge in [0.25, 0.3) is 5.91 Å². The Morgan fingerprint density at radius 3 is 2.62 bits per heavy atom. The molecule has 0 bridgehead atoms. The molecule has 0 aromatic heterocycles. The first kappa shape index (κ1) is 19.5. The van der Waals surface area contributed by atoms with Crippen molar-refractivity contribution in [2.24, 2.45) is 0 Å². The quantitative estimate of drug-likeness (QED) is 0.768. The van der Waals surface area contributed by atoms with Gasteiger partial charge >= 0.3 is 0 Å². The molecule has 2 aliphatic heterocycles. The fourth-order valence-corrected chi connectivity index (χ4v) is 4.24. The average Bonchev–Trinajstić information content (AvgIpc) is 2.73. The average molecular weight is 419 g/mol. The van der Waals surface area contributed by atoms with Crippen LogP contribution in [0.4, 0.5) is 4.39 Å². The number of carbonyl (C=O) groups is 2. The van der Waals surface area contributed by atoms with E-state index in [4.69, 9.17) is 21.1 Å². The summed E-state index contributed by atoms with van der Waals surface area (Å²) in [5.41, 5.74) is 2.02. The van der Waals surface area contributed by atoms with Gasteiger partial charge in [0, 0.05) is 13.1 Å². The first-order valence-corrected chi connectivity index (χ1v) is 9.59. The van der Waals surface area contributed by atoms with Crippen LogP contribution in [0, 0.1) is 5.82 Å². The van der Waals surface area contributed by atoms with Crippen LogP contribution in [-0.2, 0) is 11.2 Å². The molecular formula is C21H20ClFN2O4. The van der Waals surface area contributed by atoms with Crippen LogP contribution in [0.15, 0.2) is 30.3 Å². The Balaban J connectivity index is 1.69. The number of carbonyl (C=O) groups excluding carboxylic acids is 2. The lowest BCUT2D eigenvalue weighted by molar-refractivity contribution is -0.139. The molecule has 2 heterocycles. The Hall–Kier alpha value is -2.80. The molecule has 1 atom stereocenters. The van der Waals surface area contributed by atoms with Gasteiger partial charge in [-0.25, -0.2) is 4.39 Å². The Morgan fingerprint density at radius 1 is 1.17 bits per heavy atom. The number of nitrogens with zero attached hydrogens (tertiary/aromatic N) is 2. The topological polar surface area (TPSA) is 59.1 Å². The van der Waals surface area contributed by atoms with Crippen LogP contribution < -0.4 is 9.47 Å². The zero-order valence-electron chi connectivity index (χ0n) is 16.1. The highest BCUT2D eigenvalue weighted by atomic mass is 35.5. The molecule has 2 aromatic rings. The van der Waals surface area contributed by atoms with Gasteiger partial charge in [-0.3, -0.25) is 9.59 Å². The molecule has 0 radical (unpaired) electrons. The summed E-state index contributed by atoms with van der Waals surface area (Å²) >= 11 is 6.10. The third-order valence-corrected chi connectivity index (χ3v) is 5.82. The maximum atomic E-state index is 13.6. The van der Waals surface area contributed by atoms with Gasteiger partial charge in [-0.05, 0) is 47.9 Å². The molecule has 1 fully saturated rings. The summed E-state index contributed by atoms with van der Waals surface area (Å²) in [4.78, 5) is 29.0. The number of hydrogen-bond acceptors (Lipinski definition) is 4. The second-order valence-electron chi connectivity index (χ2n) is 7.07. The number of benzene rings is 2. The SMILES string of the molecule is COc1cc2c(cc1OC)C1CN(C(=O)c3cc(F)ccc3Cl)CC(=O)N1CC2. The number of amides is 2. The molecule has 2 aliphatic rings. The molecule has 2 amide bonds. The predicted octanol–water partition coefficient (Wildman–Crippen LogP) is 3.08.